The average molecular weight is 312 g/mol. The zero-order chi connectivity index (χ0) is 15.6. The van der Waals surface area contributed by atoms with E-state index in [9.17, 15) is 0 Å². The summed E-state index contributed by atoms with van der Waals surface area (Å²) in [6.45, 7) is 9.73. The third-order valence-electron chi connectivity index (χ3n) is 5.81. The van der Waals surface area contributed by atoms with E-state index in [-0.39, 0.29) is 35.6 Å². The van der Waals surface area contributed by atoms with Crippen molar-refractivity contribution in [2.45, 2.75) is 94.8 Å². The molecule has 0 aliphatic carbocycles. The minimum atomic E-state index is -0.501. The van der Waals surface area contributed by atoms with E-state index in [1.54, 1.807) is 0 Å². The summed E-state index contributed by atoms with van der Waals surface area (Å²) in [5.74, 6) is -0.501. The van der Waals surface area contributed by atoms with Crippen molar-refractivity contribution in [2.24, 2.45) is 0 Å². The van der Waals surface area contributed by atoms with Gasteiger partial charge in [-0.1, -0.05) is 0 Å². The molecular formula is C17H28O5. The van der Waals surface area contributed by atoms with Crippen molar-refractivity contribution in [1.82, 2.24) is 0 Å². The third-order valence-corrected chi connectivity index (χ3v) is 5.81. The zero-order valence-corrected chi connectivity index (χ0v) is 14.1. The molecule has 0 saturated carbocycles. The third kappa shape index (κ3) is 2.61. The van der Waals surface area contributed by atoms with Crippen molar-refractivity contribution in [1.29, 1.82) is 0 Å². The first-order valence-corrected chi connectivity index (χ1v) is 8.59. The van der Waals surface area contributed by atoms with Crippen LogP contribution in [-0.2, 0) is 23.7 Å². The number of hydrogen-bond acceptors (Lipinski definition) is 5. The molecule has 4 rings (SSSR count). The van der Waals surface area contributed by atoms with E-state index in [4.69, 9.17) is 23.7 Å². The topological polar surface area (TPSA) is 49.5 Å². The highest BCUT2D eigenvalue weighted by molar-refractivity contribution is 5.02. The number of ether oxygens (including phenoxy) is 5. The van der Waals surface area contributed by atoms with Crippen molar-refractivity contribution < 1.29 is 23.7 Å². The monoisotopic (exact) mass is 312 g/mol. The largest absolute Gasteiger partial charge is 0.370 e. The number of hydrogen-bond donors (Lipinski definition) is 0. The van der Waals surface area contributed by atoms with Gasteiger partial charge in [0.1, 0.15) is 12.2 Å². The molecule has 6 atom stereocenters. The lowest BCUT2D eigenvalue weighted by molar-refractivity contribution is -0.270. The van der Waals surface area contributed by atoms with E-state index < -0.39 is 5.79 Å². The molecule has 4 fully saturated rings. The molecule has 0 aromatic heterocycles. The maximum Gasteiger partial charge on any atom is 0.163 e. The maximum absolute atomic E-state index is 6.48. The van der Waals surface area contributed by atoms with E-state index in [0.717, 1.165) is 32.3 Å². The Balaban J connectivity index is 1.42. The van der Waals surface area contributed by atoms with Crippen LogP contribution in [0.2, 0.25) is 0 Å². The van der Waals surface area contributed by atoms with Gasteiger partial charge >= 0.3 is 0 Å². The van der Waals surface area contributed by atoms with E-state index in [2.05, 4.69) is 13.8 Å². The minimum absolute atomic E-state index is 0.00326. The second-order valence-corrected chi connectivity index (χ2v) is 8.15. The van der Waals surface area contributed by atoms with Gasteiger partial charge in [-0.3, -0.25) is 0 Å². The number of epoxide rings is 1. The summed E-state index contributed by atoms with van der Waals surface area (Å²) in [4.78, 5) is 0. The van der Waals surface area contributed by atoms with Gasteiger partial charge in [-0.15, -0.1) is 0 Å². The molecule has 0 unspecified atom stereocenters. The van der Waals surface area contributed by atoms with Gasteiger partial charge in [0.25, 0.3) is 0 Å². The van der Waals surface area contributed by atoms with Crippen molar-refractivity contribution in [3.8, 4) is 0 Å². The summed E-state index contributed by atoms with van der Waals surface area (Å²) in [6.07, 6.45) is 4.64. The summed E-state index contributed by atoms with van der Waals surface area (Å²) >= 11 is 0. The summed E-state index contributed by atoms with van der Waals surface area (Å²) < 4.78 is 30.1. The fraction of sp³-hybridized carbons (Fsp3) is 1.00. The second-order valence-electron chi connectivity index (χ2n) is 8.15. The highest BCUT2D eigenvalue weighted by Gasteiger charge is 2.55. The normalized spacial score (nSPS) is 54.0. The molecule has 4 saturated heterocycles. The zero-order valence-electron chi connectivity index (χ0n) is 14.1. The lowest BCUT2D eigenvalue weighted by atomic mass is 9.81. The van der Waals surface area contributed by atoms with Crippen molar-refractivity contribution in [3.05, 3.63) is 0 Å². The number of rotatable bonds is 2. The molecule has 4 heterocycles. The SMILES string of the molecule is CC1(C)OC[C@H]([C@]2(C)CC[C@@H]3O[C@@](C)([C@@H]4CO4)CC[C@H]3O2)O1. The van der Waals surface area contributed by atoms with Crippen molar-refractivity contribution in [2.75, 3.05) is 13.2 Å². The van der Waals surface area contributed by atoms with Crippen LogP contribution in [0.4, 0.5) is 0 Å². The molecule has 0 radical (unpaired) electrons. The van der Waals surface area contributed by atoms with Crippen LogP contribution >= 0.6 is 0 Å². The smallest absolute Gasteiger partial charge is 0.163 e. The first-order chi connectivity index (χ1) is 10.3. The molecule has 5 nitrogen and oxygen atoms in total. The van der Waals surface area contributed by atoms with Crippen LogP contribution in [0, 0.1) is 0 Å². The molecule has 4 aliphatic rings. The fourth-order valence-electron chi connectivity index (χ4n) is 4.17. The Kier molecular flexibility index (Phi) is 3.41. The molecule has 4 aliphatic heterocycles. The predicted octanol–water partition coefficient (Wildman–Crippen LogP) is 2.41. The molecule has 0 aromatic carbocycles. The average Bonchev–Trinajstić information content (AvgIpc) is 3.24. The lowest BCUT2D eigenvalue weighted by Gasteiger charge is -2.50. The van der Waals surface area contributed by atoms with Gasteiger partial charge in [0.05, 0.1) is 36.6 Å². The molecule has 22 heavy (non-hydrogen) atoms. The molecule has 0 N–H and O–H groups in total. The van der Waals surface area contributed by atoms with E-state index in [1.807, 2.05) is 13.8 Å². The standard InChI is InChI=1S/C17H28O5/c1-15(2)19-10-14(22-15)17(4)8-6-11-12(21-17)5-7-16(3,20-11)13-9-18-13/h11-14H,5-10H2,1-4H3/t11-,12+,13-,14+,16+,17-/m0/s1. The van der Waals surface area contributed by atoms with Gasteiger partial charge in [-0.2, -0.15) is 0 Å². The Bertz CT molecular complexity index is 448. The van der Waals surface area contributed by atoms with E-state index in [0.29, 0.717) is 6.61 Å². The van der Waals surface area contributed by atoms with Crippen LogP contribution in [0.25, 0.3) is 0 Å². The van der Waals surface area contributed by atoms with Gasteiger partial charge in [-0.25, -0.2) is 0 Å². The predicted molar refractivity (Wildman–Crippen MR) is 79.7 cm³/mol. The van der Waals surface area contributed by atoms with E-state index >= 15 is 0 Å². The van der Waals surface area contributed by atoms with Gasteiger partial charge in [0, 0.05) is 0 Å². The van der Waals surface area contributed by atoms with Gasteiger partial charge in [-0.05, 0) is 53.4 Å². The number of fused-ring (bicyclic) bond motifs is 1. The molecule has 0 amide bonds. The Morgan fingerprint density at radius 3 is 1.73 bits per heavy atom. The van der Waals surface area contributed by atoms with Gasteiger partial charge < -0.3 is 23.7 Å². The second kappa shape index (κ2) is 4.90. The summed E-state index contributed by atoms with van der Waals surface area (Å²) in [5.41, 5.74) is -0.394. The Morgan fingerprint density at radius 1 is 0.727 bits per heavy atom. The molecule has 126 valence electrons. The van der Waals surface area contributed by atoms with Crippen LogP contribution < -0.4 is 0 Å². The minimum Gasteiger partial charge on any atom is -0.370 e. The van der Waals surface area contributed by atoms with Gasteiger partial charge in [0.2, 0.25) is 0 Å². The molecule has 0 bridgehead atoms. The summed E-state index contributed by atoms with van der Waals surface area (Å²) in [5, 5.41) is 0. The first-order valence-electron chi connectivity index (χ1n) is 8.59. The van der Waals surface area contributed by atoms with Crippen LogP contribution in [0.3, 0.4) is 0 Å². The van der Waals surface area contributed by atoms with Crippen LogP contribution in [0.1, 0.15) is 53.4 Å². The molecule has 5 heteroatoms. The van der Waals surface area contributed by atoms with E-state index in [1.165, 1.54) is 0 Å². The Labute approximate surface area is 132 Å². The van der Waals surface area contributed by atoms with Crippen molar-refractivity contribution in [3.63, 3.8) is 0 Å². The fourth-order valence-corrected chi connectivity index (χ4v) is 4.17. The highest BCUT2D eigenvalue weighted by Crippen LogP contribution is 2.46. The van der Waals surface area contributed by atoms with Gasteiger partial charge in [0.15, 0.2) is 5.79 Å². The van der Waals surface area contributed by atoms with Crippen molar-refractivity contribution >= 4 is 0 Å². The quantitative estimate of drug-likeness (QED) is 0.733. The van der Waals surface area contributed by atoms with Crippen LogP contribution in [0.5, 0.6) is 0 Å². The molecular weight excluding hydrogens is 284 g/mol. The summed E-state index contributed by atoms with van der Waals surface area (Å²) in [6, 6.07) is 0. The molecule has 0 aromatic rings. The van der Waals surface area contributed by atoms with Crippen LogP contribution in [0.15, 0.2) is 0 Å². The lowest BCUT2D eigenvalue weighted by Crippen LogP contribution is -2.58. The van der Waals surface area contributed by atoms with Crippen LogP contribution in [-0.4, -0.2) is 54.6 Å². The maximum atomic E-state index is 6.48. The first kappa shape index (κ1) is 15.3. The Morgan fingerprint density at radius 2 is 1.27 bits per heavy atom. The highest BCUT2D eigenvalue weighted by atomic mass is 16.8. The molecule has 0 spiro atoms. The summed E-state index contributed by atoms with van der Waals surface area (Å²) in [7, 11) is 0. The Hall–Kier alpha value is -0.200.